The highest BCUT2D eigenvalue weighted by Gasteiger charge is 2.22. The molecule has 1 atom stereocenters. The minimum atomic E-state index is 0.421. The molecular formula is C15H18Cl2. The van der Waals surface area contributed by atoms with Crippen LogP contribution in [-0.4, -0.2) is 0 Å². The number of rotatable bonds is 3. The maximum Gasteiger partial charge on any atom is 0.0595 e. The van der Waals surface area contributed by atoms with Crippen molar-refractivity contribution in [3.05, 3.63) is 46.5 Å². The highest BCUT2D eigenvalue weighted by Crippen LogP contribution is 2.38. The molecule has 1 aliphatic rings. The molecule has 0 bridgehead atoms. The van der Waals surface area contributed by atoms with Gasteiger partial charge in [0, 0.05) is 5.92 Å². The Kier molecular flexibility index (Phi) is 4.53. The molecular weight excluding hydrogens is 251 g/mol. The van der Waals surface area contributed by atoms with Crippen molar-refractivity contribution in [1.82, 2.24) is 0 Å². The largest absolute Gasteiger partial charge is 0.102 e. The summed E-state index contributed by atoms with van der Waals surface area (Å²) >= 11 is 12.0. The van der Waals surface area contributed by atoms with Crippen LogP contribution in [0.5, 0.6) is 0 Å². The Hall–Kier alpha value is -0.460. The number of allylic oxidation sites excluding steroid dienone is 1. The minimum Gasteiger partial charge on any atom is -0.102 e. The molecule has 2 heteroatoms. The summed E-state index contributed by atoms with van der Waals surface area (Å²) in [5.41, 5.74) is 1.25. The molecule has 0 nitrogen and oxygen atoms in total. The topological polar surface area (TPSA) is 0 Å². The summed E-state index contributed by atoms with van der Waals surface area (Å²) in [6, 6.07) is 5.96. The highest BCUT2D eigenvalue weighted by molar-refractivity contribution is 6.42. The van der Waals surface area contributed by atoms with Crippen LogP contribution in [0.1, 0.15) is 43.6 Å². The van der Waals surface area contributed by atoms with E-state index in [1.807, 2.05) is 12.1 Å². The van der Waals surface area contributed by atoms with Crippen molar-refractivity contribution in [2.75, 3.05) is 0 Å². The van der Waals surface area contributed by atoms with E-state index in [9.17, 15) is 0 Å². The van der Waals surface area contributed by atoms with Crippen LogP contribution < -0.4 is 0 Å². The van der Waals surface area contributed by atoms with Crippen molar-refractivity contribution in [2.24, 2.45) is 5.92 Å². The first-order valence-corrected chi connectivity index (χ1v) is 7.05. The van der Waals surface area contributed by atoms with Gasteiger partial charge >= 0.3 is 0 Å². The lowest BCUT2D eigenvalue weighted by Crippen LogP contribution is -2.14. The number of benzene rings is 1. The minimum absolute atomic E-state index is 0.421. The Balaban J connectivity index is 2.21. The van der Waals surface area contributed by atoms with Crippen LogP contribution in [0.25, 0.3) is 0 Å². The van der Waals surface area contributed by atoms with Crippen LogP contribution in [-0.2, 0) is 0 Å². The van der Waals surface area contributed by atoms with Gasteiger partial charge in [0.1, 0.15) is 0 Å². The molecule has 0 aromatic heterocycles. The summed E-state index contributed by atoms with van der Waals surface area (Å²) in [6.45, 7) is 3.99. The lowest BCUT2D eigenvalue weighted by molar-refractivity contribution is 0.332. The van der Waals surface area contributed by atoms with Gasteiger partial charge in [0.25, 0.3) is 0 Å². The van der Waals surface area contributed by atoms with Crippen molar-refractivity contribution in [3.8, 4) is 0 Å². The second-order valence-electron chi connectivity index (χ2n) is 4.83. The Labute approximate surface area is 114 Å². The predicted molar refractivity (Wildman–Crippen MR) is 76.0 cm³/mol. The van der Waals surface area contributed by atoms with Crippen LogP contribution in [0.4, 0.5) is 0 Å². The van der Waals surface area contributed by atoms with Gasteiger partial charge in [-0.1, -0.05) is 54.6 Å². The van der Waals surface area contributed by atoms with Gasteiger partial charge in [-0.2, -0.15) is 0 Å². The van der Waals surface area contributed by atoms with Gasteiger partial charge in [0.15, 0.2) is 0 Å². The Morgan fingerprint density at radius 2 is 1.82 bits per heavy atom. The number of hydrogen-bond donors (Lipinski definition) is 0. The third kappa shape index (κ3) is 3.05. The normalized spacial score (nSPS) is 18.9. The second-order valence-corrected chi connectivity index (χ2v) is 5.65. The first-order chi connectivity index (χ1) is 8.22. The first kappa shape index (κ1) is 13.0. The van der Waals surface area contributed by atoms with E-state index < -0.39 is 0 Å². The molecule has 1 aromatic carbocycles. The van der Waals surface area contributed by atoms with E-state index in [0.717, 1.165) is 5.92 Å². The molecule has 2 rings (SSSR count). The quantitative estimate of drug-likeness (QED) is 0.604. The number of hydrogen-bond acceptors (Lipinski definition) is 0. The third-order valence-corrected chi connectivity index (χ3v) is 4.48. The summed E-state index contributed by atoms with van der Waals surface area (Å²) in [5, 5.41) is 1.27. The van der Waals surface area contributed by atoms with Crippen molar-refractivity contribution in [3.63, 3.8) is 0 Å². The van der Waals surface area contributed by atoms with E-state index in [1.54, 1.807) is 0 Å². The lowest BCUT2D eigenvalue weighted by atomic mass is 9.77. The summed E-state index contributed by atoms with van der Waals surface area (Å²) < 4.78 is 0. The summed E-state index contributed by atoms with van der Waals surface area (Å²) in [5.74, 6) is 1.14. The number of halogens is 2. The van der Waals surface area contributed by atoms with E-state index >= 15 is 0 Å². The third-order valence-electron chi connectivity index (χ3n) is 3.74. The van der Waals surface area contributed by atoms with Crippen molar-refractivity contribution in [1.29, 1.82) is 0 Å². The van der Waals surface area contributed by atoms with E-state index in [2.05, 4.69) is 18.7 Å². The van der Waals surface area contributed by atoms with Gasteiger partial charge in [-0.15, -0.1) is 6.58 Å². The fraction of sp³-hybridized carbons (Fsp3) is 0.467. The Morgan fingerprint density at radius 3 is 2.41 bits per heavy atom. The molecule has 0 radical (unpaired) electrons. The molecule has 17 heavy (non-hydrogen) atoms. The average Bonchev–Trinajstić information content (AvgIpc) is 2.36. The molecule has 0 N–H and O–H groups in total. The molecule has 92 valence electrons. The van der Waals surface area contributed by atoms with Crippen LogP contribution in [0.15, 0.2) is 30.9 Å². The summed E-state index contributed by atoms with van der Waals surface area (Å²) in [7, 11) is 0. The van der Waals surface area contributed by atoms with Crippen LogP contribution in [0.2, 0.25) is 10.0 Å². The maximum atomic E-state index is 6.09. The average molecular weight is 269 g/mol. The zero-order chi connectivity index (χ0) is 12.3. The zero-order valence-corrected chi connectivity index (χ0v) is 11.5. The molecule has 0 aliphatic heterocycles. The van der Waals surface area contributed by atoms with Crippen molar-refractivity contribution >= 4 is 23.2 Å². The predicted octanol–water partition coefficient (Wildman–Crippen LogP) is 5.84. The van der Waals surface area contributed by atoms with E-state index in [4.69, 9.17) is 23.2 Å². The van der Waals surface area contributed by atoms with E-state index in [1.165, 1.54) is 37.7 Å². The first-order valence-electron chi connectivity index (χ1n) is 6.30. The molecule has 1 fully saturated rings. The standard InChI is InChI=1S/C15H18Cl2/c1-2-13(11-6-4-3-5-7-11)12-8-9-14(16)15(17)10-12/h2,8-11,13H,1,3-7H2/t13-/m1/s1. The molecule has 0 heterocycles. The van der Waals surface area contributed by atoms with Crippen LogP contribution in [0.3, 0.4) is 0 Å². The highest BCUT2D eigenvalue weighted by atomic mass is 35.5. The molecule has 0 unspecified atom stereocenters. The fourth-order valence-electron chi connectivity index (χ4n) is 2.81. The monoisotopic (exact) mass is 268 g/mol. The molecule has 1 aliphatic carbocycles. The van der Waals surface area contributed by atoms with E-state index in [0.29, 0.717) is 16.0 Å². The van der Waals surface area contributed by atoms with Gasteiger partial charge in [0.2, 0.25) is 0 Å². The van der Waals surface area contributed by atoms with Gasteiger partial charge in [-0.25, -0.2) is 0 Å². The lowest BCUT2D eigenvalue weighted by Gasteiger charge is -2.28. The van der Waals surface area contributed by atoms with Crippen LogP contribution >= 0.6 is 23.2 Å². The van der Waals surface area contributed by atoms with Crippen molar-refractivity contribution < 1.29 is 0 Å². The summed E-state index contributed by atoms with van der Waals surface area (Å²) in [4.78, 5) is 0. The smallest absolute Gasteiger partial charge is 0.0595 e. The van der Waals surface area contributed by atoms with Gasteiger partial charge < -0.3 is 0 Å². The van der Waals surface area contributed by atoms with Crippen molar-refractivity contribution in [2.45, 2.75) is 38.0 Å². The van der Waals surface area contributed by atoms with E-state index in [-0.39, 0.29) is 0 Å². The van der Waals surface area contributed by atoms with Crippen LogP contribution in [0, 0.1) is 5.92 Å². The van der Waals surface area contributed by atoms with Gasteiger partial charge in [-0.05, 0) is 36.5 Å². The van der Waals surface area contributed by atoms with Gasteiger partial charge in [0.05, 0.1) is 10.0 Å². The SMILES string of the molecule is C=C[C@@H](c1ccc(Cl)c(Cl)c1)C1CCCCC1. The zero-order valence-electron chi connectivity index (χ0n) is 9.96. The second kappa shape index (κ2) is 5.93. The Bertz CT molecular complexity index is 392. The maximum absolute atomic E-state index is 6.09. The Morgan fingerprint density at radius 1 is 1.12 bits per heavy atom. The fourth-order valence-corrected chi connectivity index (χ4v) is 3.12. The summed E-state index contributed by atoms with van der Waals surface area (Å²) in [6.07, 6.45) is 8.73. The van der Waals surface area contributed by atoms with Gasteiger partial charge in [-0.3, -0.25) is 0 Å². The molecule has 0 saturated heterocycles. The molecule has 1 aromatic rings. The molecule has 1 saturated carbocycles. The molecule has 0 spiro atoms. The molecule has 0 amide bonds.